The van der Waals surface area contributed by atoms with Gasteiger partial charge in [0.25, 0.3) is 0 Å². The van der Waals surface area contributed by atoms with Crippen molar-refractivity contribution in [2.45, 2.75) is 39.2 Å². The van der Waals surface area contributed by atoms with Gasteiger partial charge in [-0.05, 0) is 39.5 Å². The maximum Gasteiger partial charge on any atom is 0.410 e. The van der Waals surface area contributed by atoms with Crippen LogP contribution in [0.3, 0.4) is 0 Å². The van der Waals surface area contributed by atoms with E-state index in [1.807, 2.05) is 20.8 Å². The Balaban J connectivity index is 1.89. The van der Waals surface area contributed by atoms with Crippen LogP contribution in [0.4, 0.5) is 16.3 Å². The number of carbonyl (C=O) groups excluding carboxylic acids is 1. The van der Waals surface area contributed by atoms with Gasteiger partial charge in [0.05, 0.1) is 0 Å². The number of hydrogen-bond donors (Lipinski definition) is 2. The lowest BCUT2D eigenvalue weighted by molar-refractivity contribution is 0.0172. The van der Waals surface area contributed by atoms with Gasteiger partial charge in [0, 0.05) is 19.6 Å². The third-order valence-corrected chi connectivity index (χ3v) is 3.87. The van der Waals surface area contributed by atoms with Crippen LogP contribution in [0.25, 0.3) is 0 Å². The molecule has 1 amide bonds. The van der Waals surface area contributed by atoms with Crippen LogP contribution in [0.5, 0.6) is 0 Å². The summed E-state index contributed by atoms with van der Waals surface area (Å²) in [7, 11) is 0. The number of nitrogens with zero attached hydrogens (tertiary/aromatic N) is 3. The molecule has 1 fully saturated rings. The molecule has 1 atom stereocenters. The van der Waals surface area contributed by atoms with Gasteiger partial charge in [0.1, 0.15) is 17.6 Å². The topological polar surface area (TPSA) is 93.4 Å². The van der Waals surface area contributed by atoms with E-state index in [0.717, 1.165) is 19.4 Å². The van der Waals surface area contributed by atoms with Crippen LogP contribution in [0, 0.1) is 5.92 Å². The second kappa shape index (κ2) is 7.21. The Hall–Kier alpha value is -1.76. The summed E-state index contributed by atoms with van der Waals surface area (Å²) in [6.45, 7) is 7.66. The summed E-state index contributed by atoms with van der Waals surface area (Å²) in [5.74, 6) is 0.837. The summed E-state index contributed by atoms with van der Waals surface area (Å²) in [6.07, 6.45) is 3.10. The van der Waals surface area contributed by atoms with Crippen molar-refractivity contribution in [3.63, 3.8) is 0 Å². The van der Waals surface area contributed by atoms with Crippen LogP contribution in [-0.2, 0) is 4.74 Å². The third kappa shape index (κ3) is 5.13. The minimum Gasteiger partial charge on any atom is -0.444 e. The molecular formula is C15H24ClN5O2. The lowest BCUT2D eigenvalue weighted by atomic mass is 9.98. The third-order valence-electron chi connectivity index (χ3n) is 3.56. The molecule has 1 aromatic rings. The van der Waals surface area contributed by atoms with Crippen molar-refractivity contribution in [1.29, 1.82) is 0 Å². The fourth-order valence-corrected chi connectivity index (χ4v) is 2.61. The molecule has 0 saturated carbocycles. The average Bonchev–Trinajstić information content (AvgIpc) is 2.47. The lowest BCUT2D eigenvalue weighted by Crippen LogP contribution is -2.44. The highest BCUT2D eigenvalue weighted by atomic mass is 35.5. The highest BCUT2D eigenvalue weighted by Gasteiger charge is 2.27. The summed E-state index contributed by atoms with van der Waals surface area (Å²) in [5, 5.41) is 3.43. The molecule has 8 heteroatoms. The van der Waals surface area contributed by atoms with E-state index in [1.54, 1.807) is 4.90 Å². The van der Waals surface area contributed by atoms with Gasteiger partial charge in [-0.3, -0.25) is 0 Å². The zero-order valence-electron chi connectivity index (χ0n) is 13.8. The smallest absolute Gasteiger partial charge is 0.410 e. The SMILES string of the molecule is CC(C)(C)OC(=O)N1CCC[C@H](CNc2ncnc(Cl)c2N)C1. The predicted octanol–water partition coefficient (Wildman–Crippen LogP) is 2.77. The van der Waals surface area contributed by atoms with E-state index < -0.39 is 5.60 Å². The molecule has 0 aromatic carbocycles. The molecule has 7 nitrogen and oxygen atoms in total. The number of carbonyl (C=O) groups is 1. The fourth-order valence-electron chi connectivity index (χ4n) is 2.48. The average molecular weight is 342 g/mol. The van der Waals surface area contributed by atoms with Crippen LogP contribution < -0.4 is 11.1 Å². The van der Waals surface area contributed by atoms with Crippen molar-refractivity contribution in [1.82, 2.24) is 14.9 Å². The largest absolute Gasteiger partial charge is 0.444 e. The van der Waals surface area contributed by atoms with E-state index in [2.05, 4.69) is 15.3 Å². The minimum atomic E-state index is -0.478. The zero-order valence-corrected chi connectivity index (χ0v) is 14.6. The number of rotatable bonds is 3. The van der Waals surface area contributed by atoms with Crippen molar-refractivity contribution >= 4 is 29.2 Å². The first-order valence-corrected chi connectivity index (χ1v) is 8.12. The van der Waals surface area contributed by atoms with E-state index >= 15 is 0 Å². The number of anilines is 2. The molecule has 0 spiro atoms. The van der Waals surface area contributed by atoms with Gasteiger partial charge in [-0.15, -0.1) is 0 Å². The van der Waals surface area contributed by atoms with Gasteiger partial charge in [-0.25, -0.2) is 14.8 Å². The van der Waals surface area contributed by atoms with E-state index in [9.17, 15) is 4.79 Å². The summed E-state index contributed by atoms with van der Waals surface area (Å²) < 4.78 is 5.43. The summed E-state index contributed by atoms with van der Waals surface area (Å²) in [6, 6.07) is 0. The van der Waals surface area contributed by atoms with Crippen molar-refractivity contribution < 1.29 is 9.53 Å². The highest BCUT2D eigenvalue weighted by Crippen LogP contribution is 2.24. The summed E-state index contributed by atoms with van der Waals surface area (Å²) in [5.41, 5.74) is 5.70. The molecule has 3 N–H and O–H groups in total. The van der Waals surface area contributed by atoms with E-state index in [1.165, 1.54) is 6.33 Å². The molecule has 23 heavy (non-hydrogen) atoms. The number of nitrogen functional groups attached to an aromatic ring is 1. The molecule has 1 aliphatic heterocycles. The van der Waals surface area contributed by atoms with Gasteiger partial charge in [-0.1, -0.05) is 11.6 Å². The fraction of sp³-hybridized carbons (Fsp3) is 0.667. The summed E-state index contributed by atoms with van der Waals surface area (Å²) >= 11 is 5.88. The van der Waals surface area contributed by atoms with Crippen LogP contribution in [0.15, 0.2) is 6.33 Å². The molecule has 1 saturated heterocycles. The molecule has 2 rings (SSSR count). The van der Waals surface area contributed by atoms with Crippen LogP contribution in [0.1, 0.15) is 33.6 Å². The number of ether oxygens (including phenoxy) is 1. The predicted molar refractivity (Wildman–Crippen MR) is 90.5 cm³/mol. The Bertz CT molecular complexity index is 561. The van der Waals surface area contributed by atoms with E-state index in [-0.39, 0.29) is 11.2 Å². The minimum absolute atomic E-state index is 0.238. The molecule has 0 radical (unpaired) electrons. The second-order valence-electron chi connectivity index (χ2n) is 6.74. The number of aromatic nitrogens is 2. The summed E-state index contributed by atoms with van der Waals surface area (Å²) in [4.78, 5) is 21.8. The van der Waals surface area contributed by atoms with Gasteiger partial charge >= 0.3 is 6.09 Å². The normalized spacial score (nSPS) is 18.6. The van der Waals surface area contributed by atoms with E-state index in [4.69, 9.17) is 22.1 Å². The molecule has 1 aromatic heterocycles. The number of likely N-dealkylation sites (tertiary alicyclic amines) is 1. The van der Waals surface area contributed by atoms with Crippen molar-refractivity contribution in [2.75, 3.05) is 30.7 Å². The number of nitrogens with one attached hydrogen (secondary N) is 1. The Morgan fingerprint density at radius 2 is 2.26 bits per heavy atom. The van der Waals surface area contributed by atoms with Gasteiger partial charge < -0.3 is 20.7 Å². The molecular weight excluding hydrogens is 318 g/mol. The molecule has 128 valence electrons. The Labute approximate surface area is 141 Å². The first-order chi connectivity index (χ1) is 10.8. The van der Waals surface area contributed by atoms with Crippen molar-refractivity contribution in [3.05, 3.63) is 11.5 Å². The van der Waals surface area contributed by atoms with Gasteiger partial charge in [0.2, 0.25) is 0 Å². The highest BCUT2D eigenvalue weighted by molar-refractivity contribution is 6.32. The number of amides is 1. The monoisotopic (exact) mass is 341 g/mol. The quantitative estimate of drug-likeness (QED) is 0.821. The Morgan fingerprint density at radius 1 is 1.52 bits per heavy atom. The number of piperidine rings is 1. The molecule has 1 aliphatic rings. The Kier molecular flexibility index (Phi) is 5.51. The standard InChI is InChI=1S/C15H24ClN5O2/c1-15(2,3)23-14(22)21-6-4-5-10(8-21)7-18-13-11(17)12(16)19-9-20-13/h9-10H,4-8,17H2,1-3H3,(H,18,19,20)/t10-/m1/s1. The molecule has 0 aliphatic carbocycles. The second-order valence-corrected chi connectivity index (χ2v) is 7.10. The Morgan fingerprint density at radius 3 is 2.96 bits per heavy atom. The molecule has 0 bridgehead atoms. The van der Waals surface area contributed by atoms with Crippen molar-refractivity contribution in [2.24, 2.45) is 5.92 Å². The molecule has 0 unspecified atom stereocenters. The maximum atomic E-state index is 12.2. The first kappa shape index (κ1) is 17.6. The first-order valence-electron chi connectivity index (χ1n) is 7.74. The number of nitrogens with two attached hydrogens (primary N) is 1. The van der Waals surface area contributed by atoms with Crippen molar-refractivity contribution in [3.8, 4) is 0 Å². The van der Waals surface area contributed by atoms with Crippen LogP contribution in [0.2, 0.25) is 5.15 Å². The van der Waals surface area contributed by atoms with Crippen LogP contribution in [-0.4, -0.2) is 46.2 Å². The number of halogens is 1. The number of hydrogen-bond acceptors (Lipinski definition) is 6. The van der Waals surface area contributed by atoms with Gasteiger partial charge in [-0.2, -0.15) is 0 Å². The lowest BCUT2D eigenvalue weighted by Gasteiger charge is -2.34. The van der Waals surface area contributed by atoms with Gasteiger partial charge in [0.15, 0.2) is 11.0 Å². The zero-order chi connectivity index (χ0) is 17.0. The van der Waals surface area contributed by atoms with Crippen LogP contribution >= 0.6 is 11.6 Å². The molecule has 2 heterocycles. The van der Waals surface area contributed by atoms with E-state index in [0.29, 0.717) is 30.5 Å². The maximum absolute atomic E-state index is 12.2.